The van der Waals surface area contributed by atoms with Crippen LogP contribution in [0.1, 0.15) is 48.9 Å². The molecule has 2 fully saturated rings. The van der Waals surface area contributed by atoms with Crippen molar-refractivity contribution in [3.8, 4) is 0 Å². The van der Waals surface area contributed by atoms with Crippen molar-refractivity contribution in [1.29, 1.82) is 0 Å². The molecular formula is C24H34FN5S. The Hall–Kier alpha value is -1.99. The molecule has 1 aliphatic carbocycles. The molecule has 0 amide bonds. The zero-order valence-electron chi connectivity index (χ0n) is 18.7. The van der Waals surface area contributed by atoms with Gasteiger partial charge in [-0.15, -0.1) is 11.3 Å². The van der Waals surface area contributed by atoms with Crippen molar-refractivity contribution in [1.82, 2.24) is 20.5 Å². The van der Waals surface area contributed by atoms with E-state index >= 15 is 0 Å². The van der Waals surface area contributed by atoms with E-state index in [1.165, 1.54) is 23.5 Å². The maximum absolute atomic E-state index is 14.2. The number of rotatable bonds is 8. The average molecular weight is 444 g/mol. The van der Waals surface area contributed by atoms with Gasteiger partial charge in [0.05, 0.1) is 10.7 Å². The minimum atomic E-state index is -0.0972. The molecule has 1 saturated heterocycles. The molecule has 0 atom stereocenters. The first-order valence-corrected chi connectivity index (χ1v) is 12.3. The van der Waals surface area contributed by atoms with Crippen LogP contribution in [0.3, 0.4) is 0 Å². The van der Waals surface area contributed by atoms with E-state index in [0.29, 0.717) is 5.92 Å². The van der Waals surface area contributed by atoms with Gasteiger partial charge < -0.3 is 10.6 Å². The van der Waals surface area contributed by atoms with E-state index in [0.717, 1.165) is 63.5 Å². The lowest BCUT2D eigenvalue weighted by Gasteiger charge is -2.32. The number of nitrogens with zero attached hydrogens (tertiary/aromatic N) is 3. The lowest BCUT2D eigenvalue weighted by molar-refractivity contribution is 0.176. The molecule has 2 heterocycles. The fourth-order valence-electron chi connectivity index (χ4n) is 4.46. The quantitative estimate of drug-likeness (QED) is 0.479. The molecule has 0 spiro atoms. The van der Waals surface area contributed by atoms with Gasteiger partial charge in [-0.1, -0.05) is 25.1 Å². The van der Waals surface area contributed by atoms with Gasteiger partial charge in [-0.2, -0.15) is 0 Å². The maximum Gasteiger partial charge on any atom is 0.191 e. The highest BCUT2D eigenvalue weighted by Crippen LogP contribution is 2.48. The van der Waals surface area contributed by atoms with Crippen molar-refractivity contribution in [2.45, 2.75) is 51.0 Å². The van der Waals surface area contributed by atoms with E-state index in [-0.39, 0.29) is 11.2 Å². The number of hydrogen-bond acceptors (Lipinski definition) is 4. The Kier molecular flexibility index (Phi) is 7.23. The van der Waals surface area contributed by atoms with Crippen LogP contribution in [-0.4, -0.2) is 49.1 Å². The SMILES string of the molecule is CCc1nc(CN2CCC(CNC(=NC)NCC3(c4ccccc4F)CC3)CC2)cs1. The summed E-state index contributed by atoms with van der Waals surface area (Å²) in [6.07, 6.45) is 5.45. The molecule has 0 unspecified atom stereocenters. The molecule has 0 bridgehead atoms. The van der Waals surface area contributed by atoms with E-state index in [9.17, 15) is 4.39 Å². The summed E-state index contributed by atoms with van der Waals surface area (Å²) in [5, 5.41) is 10.4. The van der Waals surface area contributed by atoms with Crippen LogP contribution in [0.15, 0.2) is 34.6 Å². The topological polar surface area (TPSA) is 52.6 Å². The molecule has 1 aromatic carbocycles. The molecule has 1 saturated carbocycles. The highest BCUT2D eigenvalue weighted by molar-refractivity contribution is 7.09. The van der Waals surface area contributed by atoms with Crippen LogP contribution in [0.2, 0.25) is 0 Å². The highest BCUT2D eigenvalue weighted by atomic mass is 32.1. The Bertz CT molecular complexity index is 884. The summed E-state index contributed by atoms with van der Waals surface area (Å²) in [6, 6.07) is 7.16. The summed E-state index contributed by atoms with van der Waals surface area (Å²) in [5.41, 5.74) is 1.96. The van der Waals surface area contributed by atoms with Crippen LogP contribution in [0.25, 0.3) is 0 Å². The molecule has 4 rings (SSSR count). The molecular weight excluding hydrogens is 409 g/mol. The van der Waals surface area contributed by atoms with E-state index in [2.05, 4.69) is 32.8 Å². The number of aromatic nitrogens is 1. The van der Waals surface area contributed by atoms with E-state index < -0.39 is 0 Å². The Morgan fingerprint density at radius 2 is 2.03 bits per heavy atom. The second-order valence-electron chi connectivity index (χ2n) is 8.87. The highest BCUT2D eigenvalue weighted by Gasteiger charge is 2.45. The van der Waals surface area contributed by atoms with Crippen molar-refractivity contribution in [2.75, 3.05) is 33.2 Å². The van der Waals surface area contributed by atoms with E-state index in [1.807, 2.05) is 12.1 Å². The van der Waals surface area contributed by atoms with Crippen LogP contribution in [-0.2, 0) is 18.4 Å². The minimum absolute atomic E-state index is 0.0817. The Balaban J connectivity index is 1.19. The third-order valence-corrected chi connectivity index (χ3v) is 7.71. The second-order valence-corrected chi connectivity index (χ2v) is 9.82. The monoisotopic (exact) mass is 443 g/mol. The van der Waals surface area contributed by atoms with Crippen molar-refractivity contribution in [3.05, 3.63) is 51.7 Å². The molecule has 2 aliphatic rings. The predicted molar refractivity (Wildman–Crippen MR) is 126 cm³/mol. The van der Waals surface area contributed by atoms with Crippen LogP contribution < -0.4 is 10.6 Å². The van der Waals surface area contributed by atoms with E-state index in [1.54, 1.807) is 30.5 Å². The van der Waals surface area contributed by atoms with Gasteiger partial charge in [-0.3, -0.25) is 9.89 Å². The number of nitrogens with one attached hydrogen (secondary N) is 2. The minimum Gasteiger partial charge on any atom is -0.356 e. The fourth-order valence-corrected chi connectivity index (χ4v) is 5.20. The van der Waals surface area contributed by atoms with Gasteiger partial charge in [0.2, 0.25) is 0 Å². The summed E-state index contributed by atoms with van der Waals surface area (Å²) in [4.78, 5) is 11.6. The van der Waals surface area contributed by atoms with E-state index in [4.69, 9.17) is 4.98 Å². The molecule has 2 N–H and O–H groups in total. The molecule has 5 nitrogen and oxygen atoms in total. The zero-order chi connectivity index (χ0) is 21.7. The van der Waals surface area contributed by atoms with Crippen LogP contribution in [0.5, 0.6) is 0 Å². The molecule has 31 heavy (non-hydrogen) atoms. The molecule has 168 valence electrons. The summed E-state index contributed by atoms with van der Waals surface area (Å²) in [5.74, 6) is 1.37. The van der Waals surface area contributed by atoms with Gasteiger partial charge in [-0.05, 0) is 62.7 Å². The van der Waals surface area contributed by atoms with Gasteiger partial charge in [-0.25, -0.2) is 9.37 Å². The van der Waals surface area contributed by atoms with Crippen molar-refractivity contribution in [3.63, 3.8) is 0 Å². The number of guanidine groups is 1. The standard InChI is InChI=1S/C24H34FN5S/c1-3-22-29-19(16-31-22)15-30-12-8-18(9-13-30)14-27-23(26-2)28-17-24(10-11-24)20-6-4-5-7-21(20)25/h4-7,16,18H,3,8-15,17H2,1-2H3,(H2,26,27,28). The van der Waals surface area contributed by atoms with Gasteiger partial charge in [0.25, 0.3) is 0 Å². The second kappa shape index (κ2) is 10.1. The Morgan fingerprint density at radius 1 is 1.26 bits per heavy atom. The summed E-state index contributed by atoms with van der Waals surface area (Å²) >= 11 is 1.77. The van der Waals surface area contributed by atoms with Crippen LogP contribution >= 0.6 is 11.3 Å². The van der Waals surface area contributed by atoms with Crippen LogP contribution in [0, 0.1) is 11.7 Å². The number of likely N-dealkylation sites (tertiary alicyclic amines) is 1. The number of thiazole rings is 1. The number of halogens is 1. The van der Waals surface area contributed by atoms with Gasteiger partial charge in [0.15, 0.2) is 5.96 Å². The largest absolute Gasteiger partial charge is 0.356 e. The van der Waals surface area contributed by atoms with Crippen molar-refractivity contribution < 1.29 is 4.39 Å². The van der Waals surface area contributed by atoms with Crippen LogP contribution in [0.4, 0.5) is 4.39 Å². The summed E-state index contributed by atoms with van der Waals surface area (Å²) < 4.78 is 14.2. The molecule has 1 aliphatic heterocycles. The number of hydrogen-bond donors (Lipinski definition) is 2. The van der Waals surface area contributed by atoms with Gasteiger partial charge >= 0.3 is 0 Å². The lowest BCUT2D eigenvalue weighted by atomic mass is 9.95. The fraction of sp³-hybridized carbons (Fsp3) is 0.583. The third-order valence-electron chi connectivity index (χ3n) is 6.67. The lowest BCUT2D eigenvalue weighted by Crippen LogP contribution is -2.44. The first-order valence-electron chi connectivity index (χ1n) is 11.5. The van der Waals surface area contributed by atoms with Gasteiger partial charge in [0, 0.05) is 37.5 Å². The summed E-state index contributed by atoms with van der Waals surface area (Å²) in [7, 11) is 1.80. The van der Waals surface area contributed by atoms with Crippen molar-refractivity contribution in [2.24, 2.45) is 10.9 Å². The molecule has 2 aromatic rings. The average Bonchev–Trinajstić information content (AvgIpc) is 3.45. The molecule has 1 aromatic heterocycles. The molecule has 0 radical (unpaired) electrons. The Morgan fingerprint density at radius 3 is 2.68 bits per heavy atom. The molecule has 7 heteroatoms. The Labute approximate surface area is 189 Å². The third kappa shape index (κ3) is 5.63. The number of aryl methyl sites for hydroxylation is 1. The predicted octanol–water partition coefficient (Wildman–Crippen LogP) is 3.95. The van der Waals surface area contributed by atoms with Crippen molar-refractivity contribution >= 4 is 17.3 Å². The number of piperidine rings is 1. The first kappa shape index (κ1) is 22.2. The normalized spacial score (nSPS) is 19.4. The zero-order valence-corrected chi connectivity index (χ0v) is 19.5. The smallest absolute Gasteiger partial charge is 0.191 e. The van der Waals surface area contributed by atoms with Gasteiger partial charge in [0.1, 0.15) is 5.82 Å². The number of benzene rings is 1. The summed E-state index contributed by atoms with van der Waals surface area (Å²) in [6.45, 7) is 7.02. The first-order chi connectivity index (χ1) is 15.1. The maximum atomic E-state index is 14.2. The number of aliphatic imine (C=N–C) groups is 1.